The Balaban J connectivity index is 3.22. The number of amides is 1. The summed E-state index contributed by atoms with van der Waals surface area (Å²) < 4.78 is 4.94. The second-order valence-corrected chi connectivity index (χ2v) is 3.04. The van der Waals surface area contributed by atoms with Crippen molar-refractivity contribution in [2.75, 3.05) is 26.3 Å². The number of carbonyl (C=O) groups is 1. The average molecular weight is 174 g/mol. The second kappa shape index (κ2) is 7.06. The first-order valence-corrected chi connectivity index (χ1v) is 4.21. The molecular formula is C8H18N2O2. The van der Waals surface area contributed by atoms with Gasteiger partial charge in [-0.25, -0.2) is 0 Å². The van der Waals surface area contributed by atoms with E-state index in [1.165, 1.54) is 0 Å². The Kier molecular flexibility index (Phi) is 6.70. The topological polar surface area (TPSA) is 64.3 Å². The van der Waals surface area contributed by atoms with Gasteiger partial charge in [-0.05, 0) is 5.92 Å². The molecule has 0 radical (unpaired) electrons. The predicted molar refractivity (Wildman–Crippen MR) is 47.7 cm³/mol. The van der Waals surface area contributed by atoms with E-state index in [4.69, 9.17) is 10.5 Å². The number of nitrogens with one attached hydrogen (secondary N) is 1. The lowest BCUT2D eigenvalue weighted by Gasteiger charge is -2.07. The van der Waals surface area contributed by atoms with Crippen molar-refractivity contribution < 1.29 is 9.53 Å². The normalized spacial score (nSPS) is 10.3. The van der Waals surface area contributed by atoms with E-state index >= 15 is 0 Å². The lowest BCUT2D eigenvalue weighted by molar-refractivity contribution is -0.125. The van der Waals surface area contributed by atoms with Gasteiger partial charge >= 0.3 is 0 Å². The highest BCUT2D eigenvalue weighted by Crippen LogP contribution is 1.86. The Morgan fingerprint density at radius 1 is 1.58 bits per heavy atom. The molecule has 0 saturated carbocycles. The van der Waals surface area contributed by atoms with Crippen LogP contribution in [0.3, 0.4) is 0 Å². The molecule has 0 aromatic heterocycles. The van der Waals surface area contributed by atoms with Gasteiger partial charge in [0.2, 0.25) is 5.91 Å². The van der Waals surface area contributed by atoms with Crippen LogP contribution in [0.2, 0.25) is 0 Å². The molecule has 0 rings (SSSR count). The number of nitrogens with two attached hydrogens (primary N) is 1. The Morgan fingerprint density at radius 2 is 2.25 bits per heavy atom. The third-order valence-corrected chi connectivity index (χ3v) is 1.20. The van der Waals surface area contributed by atoms with Crippen LogP contribution in [-0.4, -0.2) is 32.2 Å². The first-order valence-electron chi connectivity index (χ1n) is 4.21. The standard InChI is InChI=1S/C8H18N2O2/c1-7(2)5-10-8(11)6-12-4-3-9/h7H,3-6,9H2,1-2H3,(H,10,11). The number of hydrogen-bond donors (Lipinski definition) is 2. The summed E-state index contributed by atoms with van der Waals surface area (Å²) in [5, 5.41) is 2.74. The van der Waals surface area contributed by atoms with E-state index in [1.807, 2.05) is 13.8 Å². The minimum absolute atomic E-state index is 0.0721. The maximum Gasteiger partial charge on any atom is 0.246 e. The van der Waals surface area contributed by atoms with Crippen LogP contribution in [0.15, 0.2) is 0 Å². The summed E-state index contributed by atoms with van der Waals surface area (Å²) in [5.41, 5.74) is 5.18. The molecule has 3 N–H and O–H groups in total. The van der Waals surface area contributed by atoms with Crippen molar-refractivity contribution in [1.82, 2.24) is 5.32 Å². The molecule has 0 aliphatic carbocycles. The van der Waals surface area contributed by atoms with Gasteiger partial charge in [0.05, 0.1) is 6.61 Å². The smallest absolute Gasteiger partial charge is 0.246 e. The number of ether oxygens (including phenoxy) is 1. The van der Waals surface area contributed by atoms with Crippen LogP contribution >= 0.6 is 0 Å². The fourth-order valence-corrected chi connectivity index (χ4v) is 0.617. The second-order valence-electron chi connectivity index (χ2n) is 3.04. The monoisotopic (exact) mass is 174 g/mol. The van der Waals surface area contributed by atoms with Crippen molar-refractivity contribution in [3.8, 4) is 0 Å². The van der Waals surface area contributed by atoms with Gasteiger partial charge in [-0.2, -0.15) is 0 Å². The van der Waals surface area contributed by atoms with Gasteiger partial charge in [-0.3, -0.25) is 4.79 Å². The zero-order chi connectivity index (χ0) is 9.40. The highest BCUT2D eigenvalue weighted by molar-refractivity contribution is 5.77. The van der Waals surface area contributed by atoms with Crippen molar-refractivity contribution in [2.45, 2.75) is 13.8 Å². The molecular weight excluding hydrogens is 156 g/mol. The third-order valence-electron chi connectivity index (χ3n) is 1.20. The Morgan fingerprint density at radius 3 is 2.75 bits per heavy atom. The summed E-state index contributed by atoms with van der Waals surface area (Å²) in [5.74, 6) is 0.403. The quantitative estimate of drug-likeness (QED) is 0.545. The molecule has 0 atom stereocenters. The van der Waals surface area contributed by atoms with Gasteiger partial charge in [0.1, 0.15) is 6.61 Å². The van der Waals surface area contributed by atoms with Crippen molar-refractivity contribution >= 4 is 5.91 Å². The first kappa shape index (κ1) is 11.4. The van der Waals surface area contributed by atoms with Crippen LogP contribution in [0.4, 0.5) is 0 Å². The lowest BCUT2D eigenvalue weighted by atomic mass is 10.2. The SMILES string of the molecule is CC(C)CNC(=O)COCCN. The maximum absolute atomic E-state index is 10.9. The largest absolute Gasteiger partial charge is 0.370 e. The van der Waals surface area contributed by atoms with E-state index < -0.39 is 0 Å². The molecule has 4 heteroatoms. The predicted octanol–water partition coefficient (Wildman–Crippen LogP) is -0.266. The van der Waals surface area contributed by atoms with Crippen molar-refractivity contribution in [1.29, 1.82) is 0 Å². The third kappa shape index (κ3) is 7.50. The molecule has 4 nitrogen and oxygen atoms in total. The van der Waals surface area contributed by atoms with Gasteiger partial charge in [0.15, 0.2) is 0 Å². The molecule has 1 amide bonds. The summed E-state index contributed by atoms with van der Waals surface area (Å²) in [6.45, 7) is 5.79. The van der Waals surface area contributed by atoms with E-state index in [0.717, 1.165) is 0 Å². The maximum atomic E-state index is 10.9. The fraction of sp³-hybridized carbons (Fsp3) is 0.875. The summed E-state index contributed by atoms with van der Waals surface area (Å²) in [4.78, 5) is 10.9. The van der Waals surface area contributed by atoms with Crippen LogP contribution in [0.25, 0.3) is 0 Å². The fourth-order valence-electron chi connectivity index (χ4n) is 0.617. The first-order chi connectivity index (χ1) is 5.66. The molecule has 0 unspecified atom stereocenters. The minimum Gasteiger partial charge on any atom is -0.370 e. The van der Waals surface area contributed by atoms with E-state index in [9.17, 15) is 4.79 Å². The zero-order valence-electron chi connectivity index (χ0n) is 7.80. The molecule has 12 heavy (non-hydrogen) atoms. The van der Waals surface area contributed by atoms with Crippen molar-refractivity contribution in [2.24, 2.45) is 11.7 Å². The lowest BCUT2D eigenvalue weighted by Crippen LogP contribution is -2.31. The highest BCUT2D eigenvalue weighted by atomic mass is 16.5. The summed E-state index contributed by atoms with van der Waals surface area (Å²) in [6, 6.07) is 0. The van der Waals surface area contributed by atoms with E-state index in [-0.39, 0.29) is 12.5 Å². The molecule has 0 aliphatic heterocycles. The van der Waals surface area contributed by atoms with Gasteiger partial charge in [0, 0.05) is 13.1 Å². The summed E-state index contributed by atoms with van der Waals surface area (Å²) in [7, 11) is 0. The Bertz CT molecular complexity index is 126. The molecule has 0 saturated heterocycles. The summed E-state index contributed by atoms with van der Waals surface area (Å²) >= 11 is 0. The van der Waals surface area contributed by atoms with Gasteiger partial charge in [0.25, 0.3) is 0 Å². The minimum atomic E-state index is -0.0721. The number of rotatable bonds is 6. The Labute approximate surface area is 73.5 Å². The van der Waals surface area contributed by atoms with Crippen LogP contribution in [0.5, 0.6) is 0 Å². The van der Waals surface area contributed by atoms with Gasteiger partial charge < -0.3 is 15.8 Å². The zero-order valence-corrected chi connectivity index (χ0v) is 7.80. The van der Waals surface area contributed by atoms with E-state index in [1.54, 1.807) is 0 Å². The Hall–Kier alpha value is -0.610. The highest BCUT2D eigenvalue weighted by Gasteiger charge is 2.00. The summed E-state index contributed by atoms with van der Waals surface area (Å²) in [6.07, 6.45) is 0. The molecule has 0 heterocycles. The van der Waals surface area contributed by atoms with E-state index in [2.05, 4.69) is 5.32 Å². The molecule has 0 aromatic rings. The van der Waals surface area contributed by atoms with Crippen LogP contribution in [0.1, 0.15) is 13.8 Å². The van der Waals surface area contributed by atoms with E-state index in [0.29, 0.717) is 25.6 Å². The molecule has 0 aliphatic rings. The number of carbonyl (C=O) groups excluding carboxylic acids is 1. The van der Waals surface area contributed by atoms with Crippen molar-refractivity contribution in [3.05, 3.63) is 0 Å². The molecule has 0 bridgehead atoms. The molecule has 72 valence electrons. The van der Waals surface area contributed by atoms with Crippen LogP contribution in [-0.2, 0) is 9.53 Å². The van der Waals surface area contributed by atoms with Crippen LogP contribution in [0, 0.1) is 5.92 Å². The molecule has 0 spiro atoms. The van der Waals surface area contributed by atoms with Gasteiger partial charge in [-0.1, -0.05) is 13.8 Å². The molecule has 0 aromatic carbocycles. The average Bonchev–Trinajstić information content (AvgIpc) is 2.01. The molecule has 0 fully saturated rings. The van der Waals surface area contributed by atoms with Gasteiger partial charge in [-0.15, -0.1) is 0 Å². The number of hydrogen-bond acceptors (Lipinski definition) is 3. The van der Waals surface area contributed by atoms with Crippen LogP contribution < -0.4 is 11.1 Å². The van der Waals surface area contributed by atoms with Crippen molar-refractivity contribution in [3.63, 3.8) is 0 Å².